The van der Waals surface area contributed by atoms with E-state index in [2.05, 4.69) is 0 Å². The summed E-state index contributed by atoms with van der Waals surface area (Å²) in [6, 6.07) is 3.97. The molecule has 0 aliphatic carbocycles. The molecule has 98 valence electrons. The van der Waals surface area contributed by atoms with Crippen molar-refractivity contribution in [1.29, 1.82) is 0 Å². The number of nitrogens with zero attached hydrogens (tertiary/aromatic N) is 1. The summed E-state index contributed by atoms with van der Waals surface area (Å²) in [5.41, 5.74) is 0.00380. The lowest BCUT2D eigenvalue weighted by atomic mass is 10.1. The number of halogens is 2. The summed E-state index contributed by atoms with van der Waals surface area (Å²) in [4.78, 5) is 13.8. The third-order valence-corrected chi connectivity index (χ3v) is 3.55. The molecule has 2 unspecified atom stereocenters. The van der Waals surface area contributed by atoms with Crippen LogP contribution in [0.4, 0.5) is 4.39 Å². The van der Waals surface area contributed by atoms with Gasteiger partial charge in [-0.05, 0) is 31.5 Å². The van der Waals surface area contributed by atoms with E-state index in [1.807, 2.05) is 6.92 Å². The number of hydrogen-bond acceptors (Lipinski definition) is 2. The number of likely N-dealkylation sites (N-methyl/N-ethyl adjacent to an activating group) is 1. The standard InChI is InChI=1S/C13H15ClFNO2/c1-8-12(5-6-18-8)16(2)13(17)10-7-9(14)3-4-11(10)15/h3-4,7-8,12H,5-6H2,1-2H3. The van der Waals surface area contributed by atoms with Crippen molar-refractivity contribution in [3.05, 3.63) is 34.6 Å². The molecule has 0 bridgehead atoms. The molecule has 5 heteroatoms. The number of carbonyl (C=O) groups excluding carboxylic acids is 1. The normalized spacial score (nSPS) is 23.1. The zero-order valence-electron chi connectivity index (χ0n) is 10.3. The van der Waals surface area contributed by atoms with E-state index in [0.717, 1.165) is 6.42 Å². The highest BCUT2D eigenvalue weighted by Gasteiger charge is 2.31. The average Bonchev–Trinajstić information content (AvgIpc) is 2.77. The molecule has 0 aromatic heterocycles. The number of rotatable bonds is 2. The fourth-order valence-corrected chi connectivity index (χ4v) is 2.40. The summed E-state index contributed by atoms with van der Waals surface area (Å²) >= 11 is 5.79. The molecule has 2 atom stereocenters. The van der Waals surface area contributed by atoms with Crippen molar-refractivity contribution in [2.24, 2.45) is 0 Å². The third kappa shape index (κ3) is 2.49. The minimum Gasteiger partial charge on any atom is -0.376 e. The number of amides is 1. The van der Waals surface area contributed by atoms with Crippen LogP contribution in [0.3, 0.4) is 0 Å². The number of carbonyl (C=O) groups is 1. The van der Waals surface area contributed by atoms with Gasteiger partial charge in [0.2, 0.25) is 0 Å². The third-order valence-electron chi connectivity index (χ3n) is 3.31. The number of benzene rings is 1. The van der Waals surface area contributed by atoms with Gasteiger partial charge in [0.1, 0.15) is 5.82 Å². The van der Waals surface area contributed by atoms with Gasteiger partial charge in [0, 0.05) is 18.7 Å². The molecule has 0 spiro atoms. The van der Waals surface area contributed by atoms with Crippen LogP contribution in [0.5, 0.6) is 0 Å². The smallest absolute Gasteiger partial charge is 0.256 e. The molecular weight excluding hydrogens is 257 g/mol. The molecule has 1 aliphatic rings. The molecule has 0 saturated carbocycles. The van der Waals surface area contributed by atoms with Gasteiger partial charge in [-0.2, -0.15) is 0 Å². The fraction of sp³-hybridized carbons (Fsp3) is 0.462. The molecule has 18 heavy (non-hydrogen) atoms. The Hall–Kier alpha value is -1.13. The molecule has 1 amide bonds. The van der Waals surface area contributed by atoms with Gasteiger partial charge < -0.3 is 9.64 Å². The first kappa shape index (κ1) is 13.3. The van der Waals surface area contributed by atoms with Crippen LogP contribution in [0.25, 0.3) is 0 Å². The van der Waals surface area contributed by atoms with Gasteiger partial charge in [-0.3, -0.25) is 4.79 Å². The van der Waals surface area contributed by atoms with Crippen molar-refractivity contribution in [3.63, 3.8) is 0 Å². The van der Waals surface area contributed by atoms with Crippen molar-refractivity contribution in [1.82, 2.24) is 4.90 Å². The minimum atomic E-state index is -0.553. The molecule has 1 heterocycles. The lowest BCUT2D eigenvalue weighted by Crippen LogP contribution is -2.41. The predicted molar refractivity (Wildman–Crippen MR) is 67.3 cm³/mol. The first-order valence-corrected chi connectivity index (χ1v) is 6.22. The van der Waals surface area contributed by atoms with Crippen LogP contribution in [0.2, 0.25) is 5.02 Å². The average molecular weight is 272 g/mol. The highest BCUT2D eigenvalue weighted by atomic mass is 35.5. The maximum atomic E-state index is 13.6. The topological polar surface area (TPSA) is 29.5 Å². The van der Waals surface area contributed by atoms with E-state index in [4.69, 9.17) is 16.3 Å². The lowest BCUT2D eigenvalue weighted by Gasteiger charge is -2.27. The Kier molecular flexibility index (Phi) is 3.88. The molecule has 0 N–H and O–H groups in total. The quantitative estimate of drug-likeness (QED) is 0.828. The van der Waals surface area contributed by atoms with Gasteiger partial charge in [-0.1, -0.05) is 11.6 Å². The van der Waals surface area contributed by atoms with Crippen LogP contribution in [-0.4, -0.2) is 36.6 Å². The molecule has 1 aromatic rings. The van der Waals surface area contributed by atoms with Gasteiger partial charge in [0.25, 0.3) is 5.91 Å². The van der Waals surface area contributed by atoms with Gasteiger partial charge in [-0.15, -0.1) is 0 Å². The van der Waals surface area contributed by atoms with E-state index in [1.54, 1.807) is 7.05 Å². The first-order chi connectivity index (χ1) is 8.50. The van der Waals surface area contributed by atoms with E-state index >= 15 is 0 Å². The second-order valence-electron chi connectivity index (χ2n) is 4.47. The van der Waals surface area contributed by atoms with Crippen molar-refractivity contribution in [3.8, 4) is 0 Å². The Bertz CT molecular complexity index is 466. The predicted octanol–water partition coefficient (Wildman–Crippen LogP) is 2.73. The Labute approximate surface area is 110 Å². The highest BCUT2D eigenvalue weighted by Crippen LogP contribution is 2.22. The first-order valence-electron chi connectivity index (χ1n) is 5.84. The molecule has 3 nitrogen and oxygen atoms in total. The maximum Gasteiger partial charge on any atom is 0.256 e. The number of ether oxygens (including phenoxy) is 1. The van der Waals surface area contributed by atoms with E-state index in [0.29, 0.717) is 11.6 Å². The van der Waals surface area contributed by atoms with E-state index < -0.39 is 5.82 Å². The van der Waals surface area contributed by atoms with Crippen LogP contribution in [0.1, 0.15) is 23.7 Å². The van der Waals surface area contributed by atoms with E-state index in [-0.39, 0.29) is 23.6 Å². The summed E-state index contributed by atoms with van der Waals surface area (Å²) in [6.07, 6.45) is 0.743. The van der Waals surface area contributed by atoms with Crippen LogP contribution >= 0.6 is 11.6 Å². The van der Waals surface area contributed by atoms with Gasteiger partial charge in [-0.25, -0.2) is 4.39 Å². The summed E-state index contributed by atoms with van der Waals surface area (Å²) in [5, 5.41) is 0.351. The van der Waals surface area contributed by atoms with Crippen molar-refractivity contribution < 1.29 is 13.9 Å². The molecule has 1 aromatic carbocycles. The lowest BCUT2D eigenvalue weighted by molar-refractivity contribution is 0.0571. The zero-order valence-corrected chi connectivity index (χ0v) is 11.1. The second-order valence-corrected chi connectivity index (χ2v) is 4.91. The van der Waals surface area contributed by atoms with Crippen molar-refractivity contribution >= 4 is 17.5 Å². The maximum absolute atomic E-state index is 13.6. The zero-order chi connectivity index (χ0) is 13.3. The Morgan fingerprint density at radius 1 is 1.56 bits per heavy atom. The van der Waals surface area contributed by atoms with Crippen LogP contribution in [-0.2, 0) is 4.74 Å². The van der Waals surface area contributed by atoms with Crippen molar-refractivity contribution in [2.45, 2.75) is 25.5 Å². The summed E-state index contributed by atoms with van der Waals surface area (Å²) in [6.45, 7) is 2.54. The summed E-state index contributed by atoms with van der Waals surface area (Å²) < 4.78 is 19.0. The monoisotopic (exact) mass is 271 g/mol. The Morgan fingerprint density at radius 3 is 2.89 bits per heavy atom. The van der Waals surface area contributed by atoms with Crippen LogP contribution < -0.4 is 0 Å². The van der Waals surface area contributed by atoms with Gasteiger partial charge in [0.15, 0.2) is 0 Å². The molecular formula is C13H15ClFNO2. The molecule has 2 rings (SSSR count). The second kappa shape index (κ2) is 5.24. The Balaban J connectivity index is 2.22. The fourth-order valence-electron chi connectivity index (χ4n) is 2.23. The van der Waals surface area contributed by atoms with E-state index in [9.17, 15) is 9.18 Å². The van der Waals surface area contributed by atoms with E-state index in [1.165, 1.54) is 23.1 Å². The van der Waals surface area contributed by atoms with Gasteiger partial charge in [0.05, 0.1) is 17.7 Å². The summed E-state index contributed by atoms with van der Waals surface area (Å²) in [7, 11) is 1.67. The highest BCUT2D eigenvalue weighted by molar-refractivity contribution is 6.31. The van der Waals surface area contributed by atoms with Crippen LogP contribution in [0, 0.1) is 5.82 Å². The minimum absolute atomic E-state index is 0.00380. The largest absolute Gasteiger partial charge is 0.376 e. The molecule has 1 fully saturated rings. The molecule has 1 aliphatic heterocycles. The Morgan fingerprint density at radius 2 is 2.28 bits per heavy atom. The number of hydrogen-bond donors (Lipinski definition) is 0. The molecule has 1 saturated heterocycles. The van der Waals surface area contributed by atoms with Crippen molar-refractivity contribution in [2.75, 3.05) is 13.7 Å². The summed E-state index contributed by atoms with van der Waals surface area (Å²) in [5.74, 6) is -0.917. The molecule has 0 radical (unpaired) electrons. The van der Waals surface area contributed by atoms with Gasteiger partial charge >= 0.3 is 0 Å². The SMILES string of the molecule is CC1OCCC1N(C)C(=O)c1cc(Cl)ccc1F. The van der Waals surface area contributed by atoms with Crippen LogP contribution in [0.15, 0.2) is 18.2 Å².